The number of carbonyl (C=O) groups excluding carboxylic acids is 1. The van der Waals surface area contributed by atoms with Crippen molar-refractivity contribution in [2.24, 2.45) is 0 Å². The Morgan fingerprint density at radius 2 is 2.04 bits per heavy atom. The number of urea groups is 1. The lowest BCUT2D eigenvalue weighted by Crippen LogP contribution is -2.45. The molecule has 1 atom stereocenters. The summed E-state index contributed by atoms with van der Waals surface area (Å²) >= 11 is 0. The molecule has 2 heterocycles. The van der Waals surface area contributed by atoms with Crippen LogP contribution in [0, 0.1) is 13.8 Å². The molecule has 6 heteroatoms. The van der Waals surface area contributed by atoms with Gasteiger partial charge in [-0.05, 0) is 38.8 Å². The Hall–Kier alpha value is -2.34. The smallest absolute Gasteiger partial charge is 0.323 e. The standard InChI is InChI=1S/C18H24N4O2/c1-13-6-8-15(9-7-13)22-17(11-14(2)20-22)19-18(23)21-10-4-5-16(12-21)24-3/h6-9,11,16H,4-5,10,12H2,1-3H3,(H,19,23)/t16-/m1/s1. The topological polar surface area (TPSA) is 59.4 Å². The number of piperidine rings is 1. The van der Waals surface area contributed by atoms with Crippen LogP contribution in [0.2, 0.25) is 0 Å². The summed E-state index contributed by atoms with van der Waals surface area (Å²) in [4.78, 5) is 14.4. The van der Waals surface area contributed by atoms with Crippen LogP contribution in [0.25, 0.3) is 5.69 Å². The number of methoxy groups -OCH3 is 1. The fourth-order valence-corrected chi connectivity index (χ4v) is 2.97. The molecule has 1 saturated heterocycles. The van der Waals surface area contributed by atoms with Gasteiger partial charge in [0.25, 0.3) is 0 Å². The molecule has 0 radical (unpaired) electrons. The van der Waals surface area contributed by atoms with E-state index in [0.29, 0.717) is 12.4 Å². The number of nitrogens with one attached hydrogen (secondary N) is 1. The molecule has 1 N–H and O–H groups in total. The normalized spacial score (nSPS) is 17.8. The van der Waals surface area contributed by atoms with Crippen molar-refractivity contribution >= 4 is 11.8 Å². The second-order valence-corrected chi connectivity index (χ2v) is 6.29. The van der Waals surface area contributed by atoms with Crippen LogP contribution in [0.3, 0.4) is 0 Å². The Morgan fingerprint density at radius 1 is 1.29 bits per heavy atom. The minimum Gasteiger partial charge on any atom is -0.380 e. The van der Waals surface area contributed by atoms with Gasteiger partial charge in [-0.2, -0.15) is 5.10 Å². The first-order valence-corrected chi connectivity index (χ1v) is 8.29. The Kier molecular flexibility index (Phi) is 4.85. The zero-order valence-corrected chi connectivity index (χ0v) is 14.5. The SMILES string of the molecule is CO[C@@H]1CCCN(C(=O)Nc2cc(C)nn2-c2ccc(C)cc2)C1. The Morgan fingerprint density at radius 3 is 2.75 bits per heavy atom. The minimum absolute atomic E-state index is 0.106. The van der Waals surface area contributed by atoms with E-state index in [2.05, 4.69) is 10.4 Å². The number of rotatable bonds is 3. The van der Waals surface area contributed by atoms with Gasteiger partial charge in [-0.15, -0.1) is 0 Å². The van der Waals surface area contributed by atoms with Gasteiger partial charge in [0.1, 0.15) is 5.82 Å². The Bertz CT molecular complexity index is 708. The van der Waals surface area contributed by atoms with Gasteiger partial charge in [-0.25, -0.2) is 9.48 Å². The lowest BCUT2D eigenvalue weighted by molar-refractivity contribution is 0.0458. The zero-order valence-electron chi connectivity index (χ0n) is 14.5. The van der Waals surface area contributed by atoms with E-state index in [-0.39, 0.29) is 12.1 Å². The molecule has 0 aliphatic carbocycles. The highest BCUT2D eigenvalue weighted by Gasteiger charge is 2.24. The van der Waals surface area contributed by atoms with Crippen LogP contribution in [0.5, 0.6) is 0 Å². The van der Waals surface area contributed by atoms with Gasteiger partial charge in [0.2, 0.25) is 0 Å². The summed E-state index contributed by atoms with van der Waals surface area (Å²) in [5.41, 5.74) is 2.98. The van der Waals surface area contributed by atoms with Crippen molar-refractivity contribution in [2.75, 3.05) is 25.5 Å². The lowest BCUT2D eigenvalue weighted by Gasteiger charge is -2.31. The molecule has 1 fully saturated rings. The first-order chi connectivity index (χ1) is 11.6. The predicted octanol–water partition coefficient (Wildman–Crippen LogP) is 3.13. The van der Waals surface area contributed by atoms with E-state index in [1.165, 1.54) is 5.56 Å². The van der Waals surface area contributed by atoms with E-state index in [0.717, 1.165) is 30.8 Å². The third kappa shape index (κ3) is 3.59. The van der Waals surface area contributed by atoms with E-state index in [1.807, 2.05) is 44.2 Å². The average Bonchev–Trinajstić information content (AvgIpc) is 2.96. The van der Waals surface area contributed by atoms with Crippen LogP contribution in [0.4, 0.5) is 10.6 Å². The number of hydrogen-bond acceptors (Lipinski definition) is 3. The Balaban J connectivity index is 1.77. The molecule has 24 heavy (non-hydrogen) atoms. The van der Waals surface area contributed by atoms with Gasteiger partial charge >= 0.3 is 6.03 Å². The lowest BCUT2D eigenvalue weighted by atomic mass is 10.1. The number of aromatic nitrogens is 2. The highest BCUT2D eigenvalue weighted by atomic mass is 16.5. The molecule has 0 unspecified atom stereocenters. The van der Waals surface area contributed by atoms with Crippen LogP contribution >= 0.6 is 0 Å². The summed E-state index contributed by atoms with van der Waals surface area (Å²) in [7, 11) is 1.70. The van der Waals surface area contributed by atoms with Crippen molar-refractivity contribution < 1.29 is 9.53 Å². The number of carbonyl (C=O) groups is 1. The van der Waals surface area contributed by atoms with Crippen LogP contribution in [-0.2, 0) is 4.74 Å². The molecule has 2 aromatic rings. The van der Waals surface area contributed by atoms with Crippen molar-refractivity contribution in [2.45, 2.75) is 32.8 Å². The molecular formula is C18H24N4O2. The number of benzene rings is 1. The number of anilines is 1. The number of nitrogens with zero attached hydrogens (tertiary/aromatic N) is 3. The van der Waals surface area contributed by atoms with Crippen molar-refractivity contribution in [1.82, 2.24) is 14.7 Å². The van der Waals surface area contributed by atoms with Gasteiger partial charge in [0.05, 0.1) is 17.5 Å². The van der Waals surface area contributed by atoms with Crippen molar-refractivity contribution in [3.8, 4) is 5.69 Å². The van der Waals surface area contributed by atoms with Crippen LogP contribution in [-0.4, -0.2) is 47.0 Å². The van der Waals surface area contributed by atoms with Gasteiger partial charge in [-0.1, -0.05) is 17.7 Å². The number of likely N-dealkylation sites (tertiary alicyclic amines) is 1. The van der Waals surface area contributed by atoms with Crippen LogP contribution in [0.15, 0.2) is 30.3 Å². The summed E-state index contributed by atoms with van der Waals surface area (Å²) in [6, 6.07) is 9.84. The maximum atomic E-state index is 12.6. The van der Waals surface area contributed by atoms with Gasteiger partial charge in [-0.3, -0.25) is 5.32 Å². The van der Waals surface area contributed by atoms with Gasteiger partial charge in [0.15, 0.2) is 0 Å². The number of amides is 2. The van der Waals surface area contributed by atoms with E-state index >= 15 is 0 Å². The first-order valence-electron chi connectivity index (χ1n) is 8.29. The summed E-state index contributed by atoms with van der Waals surface area (Å²) in [5, 5.41) is 7.49. The van der Waals surface area contributed by atoms with E-state index in [9.17, 15) is 4.79 Å². The average molecular weight is 328 g/mol. The largest absolute Gasteiger partial charge is 0.380 e. The van der Waals surface area contributed by atoms with E-state index < -0.39 is 0 Å². The second kappa shape index (κ2) is 7.05. The highest BCUT2D eigenvalue weighted by Crippen LogP contribution is 2.19. The summed E-state index contributed by atoms with van der Waals surface area (Å²) in [6.07, 6.45) is 2.08. The summed E-state index contributed by atoms with van der Waals surface area (Å²) in [5.74, 6) is 0.681. The molecule has 6 nitrogen and oxygen atoms in total. The maximum Gasteiger partial charge on any atom is 0.323 e. The molecule has 1 aromatic carbocycles. The zero-order chi connectivity index (χ0) is 17.1. The monoisotopic (exact) mass is 328 g/mol. The van der Waals surface area contributed by atoms with Crippen LogP contribution < -0.4 is 5.32 Å². The quantitative estimate of drug-likeness (QED) is 0.942. The molecule has 128 valence electrons. The molecule has 1 aromatic heterocycles. The molecule has 2 amide bonds. The molecule has 1 aliphatic heterocycles. The minimum atomic E-state index is -0.106. The molecule has 0 bridgehead atoms. The number of aryl methyl sites for hydroxylation is 2. The molecule has 3 rings (SSSR count). The first kappa shape index (κ1) is 16.5. The predicted molar refractivity (Wildman–Crippen MR) is 93.7 cm³/mol. The molecule has 1 aliphatic rings. The third-order valence-corrected chi connectivity index (χ3v) is 4.34. The molecule has 0 saturated carbocycles. The Labute approximate surface area is 142 Å². The maximum absolute atomic E-state index is 12.6. The van der Waals surface area contributed by atoms with E-state index in [1.54, 1.807) is 16.7 Å². The van der Waals surface area contributed by atoms with E-state index in [4.69, 9.17) is 4.74 Å². The van der Waals surface area contributed by atoms with Gasteiger partial charge < -0.3 is 9.64 Å². The number of hydrogen-bond donors (Lipinski definition) is 1. The van der Waals surface area contributed by atoms with Gasteiger partial charge in [0, 0.05) is 26.3 Å². The molecule has 0 spiro atoms. The highest BCUT2D eigenvalue weighted by molar-refractivity contribution is 5.89. The third-order valence-electron chi connectivity index (χ3n) is 4.34. The fourth-order valence-electron chi connectivity index (χ4n) is 2.97. The molecular weight excluding hydrogens is 304 g/mol. The summed E-state index contributed by atoms with van der Waals surface area (Å²) < 4.78 is 7.16. The van der Waals surface area contributed by atoms with Crippen molar-refractivity contribution in [3.63, 3.8) is 0 Å². The van der Waals surface area contributed by atoms with Crippen molar-refractivity contribution in [3.05, 3.63) is 41.6 Å². The van der Waals surface area contributed by atoms with Crippen LogP contribution in [0.1, 0.15) is 24.1 Å². The summed E-state index contributed by atoms with van der Waals surface area (Å²) in [6.45, 7) is 5.34. The second-order valence-electron chi connectivity index (χ2n) is 6.29. The van der Waals surface area contributed by atoms with Crippen molar-refractivity contribution in [1.29, 1.82) is 0 Å². The fraction of sp³-hybridized carbons (Fsp3) is 0.444. The number of ether oxygens (including phenoxy) is 1.